The standard InChI is InChI=1S/C24H21NO4/c1-24-18-13-28-23(29-18)21(27)19(24)17-12-11-14-7-5-6-10-16(14)25(17)22(24)20(26)15-8-3-2-4-9-15/h2-12,17-19,22-23H,13H2,1H3. The number of hydrogen-bond donors (Lipinski definition) is 0. The lowest BCUT2D eigenvalue weighted by molar-refractivity contribution is -0.173. The minimum absolute atomic E-state index is 0.0208. The van der Waals surface area contributed by atoms with Gasteiger partial charge in [-0.1, -0.05) is 67.6 Å². The summed E-state index contributed by atoms with van der Waals surface area (Å²) in [5.41, 5.74) is 2.03. The van der Waals surface area contributed by atoms with E-state index in [0.29, 0.717) is 12.2 Å². The molecule has 4 aliphatic heterocycles. The van der Waals surface area contributed by atoms with Gasteiger partial charge in [-0.2, -0.15) is 0 Å². The number of nitrogens with zero attached hydrogens (tertiary/aromatic N) is 1. The Morgan fingerprint density at radius 1 is 1.10 bits per heavy atom. The van der Waals surface area contributed by atoms with E-state index in [-0.39, 0.29) is 29.6 Å². The third-order valence-electron chi connectivity index (χ3n) is 7.11. The number of rotatable bonds is 2. The summed E-state index contributed by atoms with van der Waals surface area (Å²) in [6.07, 6.45) is 3.04. The van der Waals surface area contributed by atoms with Crippen molar-refractivity contribution in [3.05, 3.63) is 71.8 Å². The second-order valence-electron chi connectivity index (χ2n) is 8.48. The van der Waals surface area contributed by atoms with Gasteiger partial charge in [-0.15, -0.1) is 0 Å². The van der Waals surface area contributed by atoms with Crippen molar-refractivity contribution in [1.82, 2.24) is 0 Å². The van der Waals surface area contributed by atoms with Crippen LogP contribution in [0.4, 0.5) is 5.69 Å². The third-order valence-corrected chi connectivity index (χ3v) is 7.11. The zero-order chi connectivity index (χ0) is 19.8. The maximum Gasteiger partial charge on any atom is 0.218 e. The van der Waals surface area contributed by atoms with Gasteiger partial charge in [0, 0.05) is 16.7 Å². The predicted molar refractivity (Wildman–Crippen MR) is 108 cm³/mol. The fourth-order valence-electron chi connectivity index (χ4n) is 5.78. The van der Waals surface area contributed by atoms with Crippen LogP contribution in [0.2, 0.25) is 0 Å². The van der Waals surface area contributed by atoms with Crippen LogP contribution >= 0.6 is 0 Å². The van der Waals surface area contributed by atoms with E-state index in [1.165, 1.54) is 0 Å². The third kappa shape index (κ3) is 2.12. The molecule has 6 atom stereocenters. The second-order valence-corrected chi connectivity index (χ2v) is 8.48. The summed E-state index contributed by atoms with van der Waals surface area (Å²) in [5.74, 6) is -0.382. The SMILES string of the molecule is CC12C3COC(O3)C(=O)C1C1C=Cc3ccccc3N1C2C(=O)c1ccccc1. The highest BCUT2D eigenvalue weighted by atomic mass is 16.7. The molecule has 0 radical (unpaired) electrons. The van der Waals surface area contributed by atoms with Crippen LogP contribution in [0.3, 0.4) is 0 Å². The number of Topliss-reactive ketones (excluding diaryl/α,β-unsaturated/α-hetero) is 2. The highest BCUT2D eigenvalue weighted by Crippen LogP contribution is 2.58. The van der Waals surface area contributed by atoms with E-state index >= 15 is 0 Å². The lowest BCUT2D eigenvalue weighted by Gasteiger charge is -2.42. The molecule has 0 aromatic heterocycles. The molecule has 0 amide bonds. The summed E-state index contributed by atoms with van der Waals surface area (Å²) in [5, 5.41) is 0. The average Bonchev–Trinajstić information content (AvgIpc) is 3.33. The van der Waals surface area contributed by atoms with Gasteiger partial charge in [0.1, 0.15) is 6.04 Å². The van der Waals surface area contributed by atoms with E-state index in [0.717, 1.165) is 11.3 Å². The van der Waals surface area contributed by atoms with Crippen molar-refractivity contribution in [2.24, 2.45) is 11.3 Å². The van der Waals surface area contributed by atoms with Crippen molar-refractivity contribution >= 4 is 23.3 Å². The number of fused-ring (bicyclic) bond motifs is 8. The Balaban J connectivity index is 1.58. The van der Waals surface area contributed by atoms with Crippen LogP contribution in [0.15, 0.2) is 60.7 Å². The van der Waals surface area contributed by atoms with Crippen molar-refractivity contribution in [3.8, 4) is 0 Å². The number of ether oxygens (including phenoxy) is 2. The van der Waals surface area contributed by atoms with E-state index in [1.54, 1.807) is 0 Å². The van der Waals surface area contributed by atoms with Gasteiger partial charge < -0.3 is 14.4 Å². The van der Waals surface area contributed by atoms with Crippen molar-refractivity contribution < 1.29 is 19.1 Å². The summed E-state index contributed by atoms with van der Waals surface area (Å²) in [6, 6.07) is 16.7. The van der Waals surface area contributed by atoms with Gasteiger partial charge >= 0.3 is 0 Å². The summed E-state index contributed by atoms with van der Waals surface area (Å²) in [4.78, 5) is 29.4. The van der Waals surface area contributed by atoms with Crippen LogP contribution in [0.1, 0.15) is 22.8 Å². The molecule has 6 rings (SSSR count). The van der Waals surface area contributed by atoms with E-state index in [2.05, 4.69) is 17.1 Å². The molecule has 0 aliphatic carbocycles. The van der Waals surface area contributed by atoms with Gasteiger partial charge in [-0.05, 0) is 11.6 Å². The normalized spacial score (nSPS) is 36.5. The van der Waals surface area contributed by atoms with Crippen LogP contribution in [-0.2, 0) is 14.3 Å². The van der Waals surface area contributed by atoms with Gasteiger partial charge in [0.25, 0.3) is 0 Å². The molecular weight excluding hydrogens is 366 g/mol. The monoisotopic (exact) mass is 387 g/mol. The van der Waals surface area contributed by atoms with Gasteiger partial charge in [-0.3, -0.25) is 9.59 Å². The summed E-state index contributed by atoms with van der Waals surface area (Å²) in [6.45, 7) is 2.37. The molecule has 29 heavy (non-hydrogen) atoms. The lowest BCUT2D eigenvalue weighted by atomic mass is 9.65. The Labute approximate surface area is 168 Å². The highest BCUT2D eigenvalue weighted by molar-refractivity contribution is 6.06. The smallest absolute Gasteiger partial charge is 0.218 e. The van der Waals surface area contributed by atoms with Gasteiger partial charge in [0.15, 0.2) is 11.6 Å². The molecule has 5 heteroatoms. The Hall–Kier alpha value is -2.76. The zero-order valence-electron chi connectivity index (χ0n) is 16.0. The second kappa shape index (κ2) is 5.88. The Kier molecular flexibility index (Phi) is 3.47. The zero-order valence-corrected chi connectivity index (χ0v) is 16.0. The van der Waals surface area contributed by atoms with E-state index in [1.807, 2.05) is 61.5 Å². The van der Waals surface area contributed by atoms with Crippen molar-refractivity contribution in [3.63, 3.8) is 0 Å². The maximum absolute atomic E-state index is 13.9. The fourth-order valence-corrected chi connectivity index (χ4v) is 5.78. The fraction of sp³-hybridized carbons (Fsp3) is 0.333. The molecule has 2 aromatic carbocycles. The number of anilines is 1. The quantitative estimate of drug-likeness (QED) is 0.742. The molecule has 3 fully saturated rings. The largest absolute Gasteiger partial charge is 0.353 e. The molecule has 6 unspecified atom stereocenters. The van der Waals surface area contributed by atoms with E-state index in [4.69, 9.17) is 9.47 Å². The molecule has 4 heterocycles. The number of carbonyl (C=O) groups is 2. The van der Waals surface area contributed by atoms with Crippen LogP contribution in [-0.4, -0.2) is 42.7 Å². The maximum atomic E-state index is 13.9. The Morgan fingerprint density at radius 3 is 2.69 bits per heavy atom. The number of hydrogen-bond acceptors (Lipinski definition) is 5. The first-order valence-electron chi connectivity index (χ1n) is 10.1. The minimum atomic E-state index is -0.809. The Morgan fingerprint density at radius 2 is 1.86 bits per heavy atom. The molecule has 2 bridgehead atoms. The lowest BCUT2D eigenvalue weighted by Crippen LogP contribution is -2.56. The molecule has 0 N–H and O–H groups in total. The van der Waals surface area contributed by atoms with Crippen LogP contribution < -0.4 is 4.90 Å². The van der Waals surface area contributed by atoms with Gasteiger partial charge in [0.2, 0.25) is 6.29 Å². The topological polar surface area (TPSA) is 55.8 Å². The molecule has 2 aromatic rings. The molecule has 146 valence electrons. The van der Waals surface area contributed by atoms with Crippen molar-refractivity contribution in [2.45, 2.75) is 31.4 Å². The number of benzene rings is 2. The molecular formula is C24H21NO4. The van der Waals surface area contributed by atoms with Gasteiger partial charge in [0.05, 0.1) is 24.7 Å². The van der Waals surface area contributed by atoms with Crippen molar-refractivity contribution in [1.29, 1.82) is 0 Å². The average molecular weight is 387 g/mol. The van der Waals surface area contributed by atoms with Crippen molar-refractivity contribution in [2.75, 3.05) is 11.5 Å². The molecule has 0 saturated carbocycles. The number of carbonyl (C=O) groups excluding carboxylic acids is 2. The van der Waals surface area contributed by atoms with Crippen LogP contribution in [0, 0.1) is 11.3 Å². The summed E-state index contributed by atoms with van der Waals surface area (Å²) in [7, 11) is 0. The predicted octanol–water partition coefficient (Wildman–Crippen LogP) is 3.10. The molecule has 4 aliphatic rings. The molecule has 5 nitrogen and oxygen atoms in total. The number of para-hydroxylation sites is 1. The van der Waals surface area contributed by atoms with E-state index in [9.17, 15) is 9.59 Å². The first-order chi connectivity index (χ1) is 14.1. The van der Waals surface area contributed by atoms with Gasteiger partial charge in [-0.25, -0.2) is 0 Å². The number of ketones is 2. The first kappa shape index (κ1) is 17.1. The molecule has 3 saturated heterocycles. The molecule has 0 spiro atoms. The van der Waals surface area contributed by atoms with E-state index < -0.39 is 17.7 Å². The summed E-state index contributed by atoms with van der Waals surface area (Å²) < 4.78 is 11.6. The van der Waals surface area contributed by atoms with Crippen LogP contribution in [0.25, 0.3) is 6.08 Å². The summed E-state index contributed by atoms with van der Waals surface area (Å²) >= 11 is 0. The Bertz CT molecular complexity index is 1050. The first-order valence-corrected chi connectivity index (χ1v) is 10.1. The highest BCUT2D eigenvalue weighted by Gasteiger charge is 2.70. The minimum Gasteiger partial charge on any atom is -0.353 e. The van der Waals surface area contributed by atoms with Crippen LogP contribution in [0.5, 0.6) is 0 Å².